The van der Waals surface area contributed by atoms with Gasteiger partial charge in [0.05, 0.1) is 11.6 Å². The molecule has 1 fully saturated rings. The molecule has 0 saturated heterocycles. The first-order valence-electron chi connectivity index (χ1n) is 8.60. The van der Waals surface area contributed by atoms with E-state index in [1.807, 2.05) is 35.4 Å². The molecule has 0 aliphatic heterocycles. The van der Waals surface area contributed by atoms with Crippen molar-refractivity contribution in [1.82, 2.24) is 5.06 Å². The second-order valence-corrected chi connectivity index (χ2v) is 6.30. The molecule has 0 heterocycles. The maximum Gasteiger partial charge on any atom is 0.363 e. The van der Waals surface area contributed by atoms with Gasteiger partial charge in [0.2, 0.25) is 0 Å². The summed E-state index contributed by atoms with van der Waals surface area (Å²) in [6.45, 7) is 0. The van der Waals surface area contributed by atoms with Gasteiger partial charge >= 0.3 is 5.97 Å². The smallest absolute Gasteiger partial charge is 0.335 e. The van der Waals surface area contributed by atoms with Gasteiger partial charge in [0.15, 0.2) is 0 Å². The van der Waals surface area contributed by atoms with Crippen LogP contribution in [-0.2, 0) is 4.84 Å². The van der Waals surface area contributed by atoms with E-state index in [2.05, 4.69) is 6.08 Å². The molecule has 1 saturated carbocycles. The molecule has 0 amide bonds. The average molecular weight is 299 g/mol. The second-order valence-electron chi connectivity index (χ2n) is 6.30. The van der Waals surface area contributed by atoms with Crippen molar-refractivity contribution >= 4 is 5.97 Å². The van der Waals surface area contributed by atoms with Crippen molar-refractivity contribution in [2.45, 2.75) is 63.8 Å². The van der Waals surface area contributed by atoms with Gasteiger partial charge in [-0.15, -0.1) is 0 Å². The number of carbonyl (C=O) groups is 1. The van der Waals surface area contributed by atoms with Gasteiger partial charge in [-0.2, -0.15) is 0 Å². The molecule has 3 heteroatoms. The second kappa shape index (κ2) is 7.48. The van der Waals surface area contributed by atoms with E-state index in [1.165, 1.54) is 37.8 Å². The minimum Gasteiger partial charge on any atom is -0.335 e. The lowest BCUT2D eigenvalue weighted by Gasteiger charge is -2.36. The predicted molar refractivity (Wildman–Crippen MR) is 87.1 cm³/mol. The van der Waals surface area contributed by atoms with E-state index in [0.29, 0.717) is 11.6 Å². The molecule has 3 nitrogen and oxygen atoms in total. The first-order valence-corrected chi connectivity index (χ1v) is 8.60. The van der Waals surface area contributed by atoms with Gasteiger partial charge in [-0.3, -0.25) is 0 Å². The Labute approximate surface area is 132 Å². The van der Waals surface area contributed by atoms with Crippen LogP contribution in [-0.4, -0.2) is 17.1 Å². The summed E-state index contributed by atoms with van der Waals surface area (Å²) in [4.78, 5) is 18.3. The van der Waals surface area contributed by atoms with Crippen LogP contribution in [0.15, 0.2) is 42.1 Å². The highest BCUT2D eigenvalue weighted by Crippen LogP contribution is 2.30. The summed E-state index contributed by atoms with van der Waals surface area (Å²) in [5, 5.41) is 1.95. The van der Waals surface area contributed by atoms with Gasteiger partial charge in [-0.25, -0.2) is 9.86 Å². The predicted octanol–water partition coefficient (Wildman–Crippen LogP) is 4.85. The van der Waals surface area contributed by atoms with Crippen molar-refractivity contribution in [2.75, 3.05) is 0 Å². The highest BCUT2D eigenvalue weighted by atomic mass is 16.7. The Kier molecular flexibility index (Phi) is 5.15. The van der Waals surface area contributed by atoms with Gasteiger partial charge in [-0.05, 0) is 50.7 Å². The van der Waals surface area contributed by atoms with E-state index in [1.54, 1.807) is 0 Å². The van der Waals surface area contributed by atoms with Crippen LogP contribution in [0.3, 0.4) is 0 Å². The number of nitrogens with zero attached hydrogens (tertiary/aromatic N) is 1. The molecule has 0 unspecified atom stereocenters. The molecular formula is C19H25NO2. The number of hydrogen-bond acceptors (Lipinski definition) is 3. The molecule has 2 aliphatic carbocycles. The van der Waals surface area contributed by atoms with E-state index in [4.69, 9.17) is 4.84 Å². The number of hydroxylamine groups is 2. The normalized spacial score (nSPS) is 19.4. The molecule has 0 spiro atoms. The van der Waals surface area contributed by atoms with Gasteiger partial charge in [0.25, 0.3) is 0 Å². The molecule has 0 atom stereocenters. The Balaban J connectivity index is 1.75. The molecule has 0 N–H and O–H groups in total. The van der Waals surface area contributed by atoms with Crippen LogP contribution in [0, 0.1) is 0 Å². The molecule has 2 aliphatic rings. The number of carbonyl (C=O) groups excluding carboxylic acids is 1. The molecule has 118 valence electrons. The van der Waals surface area contributed by atoms with Gasteiger partial charge in [0, 0.05) is 5.70 Å². The van der Waals surface area contributed by atoms with Crippen LogP contribution < -0.4 is 0 Å². The van der Waals surface area contributed by atoms with E-state index in [-0.39, 0.29) is 5.97 Å². The minimum absolute atomic E-state index is 0.238. The average Bonchev–Trinajstić information content (AvgIpc) is 2.62. The SMILES string of the molecule is O=C(ON(C1=CCCCC1)C1CCCCC1)c1ccccc1. The molecule has 0 aromatic heterocycles. The van der Waals surface area contributed by atoms with E-state index >= 15 is 0 Å². The topological polar surface area (TPSA) is 29.5 Å². The Morgan fingerprint density at radius 1 is 1.00 bits per heavy atom. The van der Waals surface area contributed by atoms with Crippen molar-refractivity contribution in [1.29, 1.82) is 0 Å². The van der Waals surface area contributed by atoms with Crippen molar-refractivity contribution in [3.63, 3.8) is 0 Å². The Morgan fingerprint density at radius 2 is 1.77 bits per heavy atom. The molecule has 1 aromatic carbocycles. The summed E-state index contributed by atoms with van der Waals surface area (Å²) >= 11 is 0. The molecule has 1 aromatic rings. The highest BCUT2D eigenvalue weighted by Gasteiger charge is 2.27. The summed E-state index contributed by atoms with van der Waals surface area (Å²) in [5.74, 6) is -0.238. The largest absolute Gasteiger partial charge is 0.363 e. The van der Waals surface area contributed by atoms with Crippen molar-refractivity contribution in [3.8, 4) is 0 Å². The number of allylic oxidation sites excluding steroid dienone is 2. The molecule has 0 radical (unpaired) electrons. The van der Waals surface area contributed by atoms with Crippen molar-refractivity contribution in [3.05, 3.63) is 47.7 Å². The highest BCUT2D eigenvalue weighted by molar-refractivity contribution is 5.89. The summed E-state index contributed by atoms with van der Waals surface area (Å²) in [6.07, 6.45) is 12.8. The number of benzene rings is 1. The quantitative estimate of drug-likeness (QED) is 0.744. The summed E-state index contributed by atoms with van der Waals surface area (Å²) in [5.41, 5.74) is 1.84. The Morgan fingerprint density at radius 3 is 2.45 bits per heavy atom. The fraction of sp³-hybridized carbons (Fsp3) is 0.526. The maximum atomic E-state index is 12.4. The third kappa shape index (κ3) is 3.70. The zero-order chi connectivity index (χ0) is 15.2. The van der Waals surface area contributed by atoms with Gasteiger partial charge < -0.3 is 4.84 Å². The molecule has 3 rings (SSSR count). The third-order valence-electron chi connectivity index (χ3n) is 4.65. The van der Waals surface area contributed by atoms with Crippen LogP contribution in [0.5, 0.6) is 0 Å². The first-order chi connectivity index (χ1) is 10.8. The standard InChI is InChI=1S/C19H25NO2/c21-19(16-10-4-1-5-11-16)22-20(17-12-6-2-7-13-17)18-14-8-3-9-15-18/h1,4-5,10-12,18H,2-3,6-9,13-15H2. The van der Waals surface area contributed by atoms with Crippen LogP contribution in [0.1, 0.15) is 68.1 Å². The third-order valence-corrected chi connectivity index (χ3v) is 4.65. The van der Waals surface area contributed by atoms with E-state index in [9.17, 15) is 4.79 Å². The lowest BCUT2D eigenvalue weighted by atomic mass is 9.94. The minimum atomic E-state index is -0.238. The maximum absolute atomic E-state index is 12.4. The van der Waals surface area contributed by atoms with Crippen LogP contribution in [0.25, 0.3) is 0 Å². The summed E-state index contributed by atoms with van der Waals surface area (Å²) in [7, 11) is 0. The van der Waals surface area contributed by atoms with Gasteiger partial charge in [0.1, 0.15) is 0 Å². The van der Waals surface area contributed by atoms with Crippen molar-refractivity contribution < 1.29 is 9.63 Å². The van der Waals surface area contributed by atoms with Gasteiger partial charge in [-0.1, -0.05) is 43.5 Å². The summed E-state index contributed by atoms with van der Waals surface area (Å²) in [6, 6.07) is 9.65. The van der Waals surface area contributed by atoms with Crippen LogP contribution in [0.4, 0.5) is 0 Å². The zero-order valence-electron chi connectivity index (χ0n) is 13.2. The lowest BCUT2D eigenvalue weighted by Crippen LogP contribution is -2.38. The van der Waals surface area contributed by atoms with Crippen LogP contribution in [0.2, 0.25) is 0 Å². The molecular weight excluding hydrogens is 274 g/mol. The first kappa shape index (κ1) is 15.1. The molecule has 22 heavy (non-hydrogen) atoms. The Hall–Kier alpha value is -1.77. The van der Waals surface area contributed by atoms with E-state index < -0.39 is 0 Å². The molecule has 0 bridgehead atoms. The summed E-state index contributed by atoms with van der Waals surface area (Å²) < 4.78 is 0. The van der Waals surface area contributed by atoms with Crippen LogP contribution >= 0.6 is 0 Å². The fourth-order valence-electron chi connectivity index (χ4n) is 3.42. The van der Waals surface area contributed by atoms with E-state index in [0.717, 1.165) is 25.7 Å². The number of rotatable bonds is 4. The zero-order valence-corrected chi connectivity index (χ0v) is 13.2. The van der Waals surface area contributed by atoms with Crippen molar-refractivity contribution in [2.24, 2.45) is 0 Å². The monoisotopic (exact) mass is 299 g/mol. The fourth-order valence-corrected chi connectivity index (χ4v) is 3.42. The lowest BCUT2D eigenvalue weighted by molar-refractivity contribution is -0.121. The number of hydrogen-bond donors (Lipinski definition) is 0. The Bertz CT molecular complexity index is 517.